The highest BCUT2D eigenvalue weighted by Gasteiger charge is 2.72. The number of aldehydes is 1. The van der Waals surface area contributed by atoms with Crippen molar-refractivity contribution in [2.24, 2.45) is 5.41 Å². The Bertz CT molecular complexity index is 657. The predicted molar refractivity (Wildman–Crippen MR) is 75.9 cm³/mol. The van der Waals surface area contributed by atoms with Gasteiger partial charge in [0, 0.05) is 11.7 Å². The third kappa shape index (κ3) is 2.04. The van der Waals surface area contributed by atoms with Crippen molar-refractivity contribution in [1.82, 2.24) is 0 Å². The third-order valence-electron chi connectivity index (χ3n) is 4.10. The zero-order chi connectivity index (χ0) is 15.0. The van der Waals surface area contributed by atoms with Gasteiger partial charge >= 0.3 is 0 Å². The van der Waals surface area contributed by atoms with Gasteiger partial charge in [-0.05, 0) is 17.5 Å². The predicted octanol–water partition coefficient (Wildman–Crippen LogP) is 1.86. The Morgan fingerprint density at radius 1 is 1.30 bits per heavy atom. The first-order valence-electron chi connectivity index (χ1n) is 6.64. The molecule has 0 aliphatic heterocycles. The van der Waals surface area contributed by atoms with Crippen LogP contribution in [-0.4, -0.2) is 25.7 Å². The lowest BCUT2D eigenvalue weighted by Gasteiger charge is -2.02. The van der Waals surface area contributed by atoms with Crippen LogP contribution in [0.4, 0.5) is 0 Å². The number of nitrogens with zero attached hydrogens (tertiary/aromatic N) is 1. The van der Waals surface area contributed by atoms with Crippen LogP contribution in [0.5, 0.6) is 0 Å². The van der Waals surface area contributed by atoms with Gasteiger partial charge < -0.3 is 4.79 Å². The van der Waals surface area contributed by atoms with Crippen LogP contribution in [0.25, 0.3) is 0 Å². The van der Waals surface area contributed by atoms with E-state index in [0.717, 1.165) is 17.5 Å². The Hall–Kier alpha value is -1.67. The van der Waals surface area contributed by atoms with Gasteiger partial charge in [-0.1, -0.05) is 38.1 Å². The minimum absolute atomic E-state index is 0.0571. The molecule has 4 nitrogen and oxygen atoms in total. The van der Waals surface area contributed by atoms with E-state index in [1.54, 1.807) is 0 Å². The molecular weight excluding hydrogens is 274 g/mol. The van der Waals surface area contributed by atoms with Gasteiger partial charge in [0.15, 0.2) is 9.84 Å². The van der Waals surface area contributed by atoms with Gasteiger partial charge in [-0.25, -0.2) is 8.42 Å². The Kier molecular flexibility index (Phi) is 3.70. The van der Waals surface area contributed by atoms with Crippen molar-refractivity contribution in [3.05, 3.63) is 35.4 Å². The molecule has 1 aliphatic rings. The van der Waals surface area contributed by atoms with E-state index in [2.05, 4.69) is 0 Å². The summed E-state index contributed by atoms with van der Waals surface area (Å²) in [6.45, 7) is 3.57. The lowest BCUT2D eigenvalue weighted by Crippen LogP contribution is -2.17. The zero-order valence-corrected chi connectivity index (χ0v) is 12.4. The minimum atomic E-state index is -3.42. The number of rotatable bonds is 5. The molecule has 0 aromatic heterocycles. The van der Waals surface area contributed by atoms with E-state index >= 15 is 0 Å². The molecule has 0 heterocycles. The maximum absolute atomic E-state index is 12.1. The van der Waals surface area contributed by atoms with Gasteiger partial charge in [0.05, 0.1) is 11.3 Å². The van der Waals surface area contributed by atoms with E-state index in [1.165, 1.54) is 6.92 Å². The summed E-state index contributed by atoms with van der Waals surface area (Å²) in [7, 11) is -3.42. The molecule has 3 atom stereocenters. The molecule has 0 N–H and O–H groups in total. The molecule has 106 valence electrons. The molecule has 0 spiro atoms. The number of hydrogen-bond acceptors (Lipinski definition) is 4. The van der Waals surface area contributed by atoms with Crippen LogP contribution in [0.15, 0.2) is 24.3 Å². The molecule has 2 rings (SSSR count). The first-order valence-corrected chi connectivity index (χ1v) is 8.36. The van der Waals surface area contributed by atoms with Crippen LogP contribution in [0.2, 0.25) is 0 Å². The Labute approximate surface area is 119 Å². The second kappa shape index (κ2) is 5.02. The van der Waals surface area contributed by atoms with Crippen LogP contribution in [0, 0.1) is 16.7 Å². The van der Waals surface area contributed by atoms with Crippen molar-refractivity contribution < 1.29 is 13.2 Å². The lowest BCUT2D eigenvalue weighted by atomic mass is 10.0. The highest BCUT2D eigenvalue weighted by atomic mass is 32.2. The van der Waals surface area contributed by atoms with Crippen molar-refractivity contribution in [1.29, 1.82) is 5.26 Å². The summed E-state index contributed by atoms with van der Waals surface area (Å²) in [6.07, 6.45) is 1.39. The highest BCUT2D eigenvalue weighted by Crippen LogP contribution is 2.61. The number of carbonyl (C=O) groups is 1. The maximum Gasteiger partial charge on any atom is 0.155 e. The van der Waals surface area contributed by atoms with Gasteiger partial charge in [0.1, 0.15) is 11.7 Å². The molecule has 1 aliphatic carbocycles. The average molecular weight is 291 g/mol. The zero-order valence-electron chi connectivity index (χ0n) is 11.5. The highest BCUT2D eigenvalue weighted by molar-refractivity contribution is 7.92. The molecule has 0 radical (unpaired) electrons. The quantitative estimate of drug-likeness (QED) is 0.776. The Morgan fingerprint density at radius 2 is 1.90 bits per heavy atom. The van der Waals surface area contributed by atoms with Gasteiger partial charge in [-0.15, -0.1) is 0 Å². The van der Waals surface area contributed by atoms with Gasteiger partial charge in [0.2, 0.25) is 0 Å². The number of nitriles is 1. The molecule has 0 amide bonds. The maximum atomic E-state index is 12.1. The summed E-state index contributed by atoms with van der Waals surface area (Å²) in [5.41, 5.74) is 0.471. The minimum Gasteiger partial charge on any atom is -0.302 e. The fourth-order valence-electron chi connectivity index (χ4n) is 2.77. The van der Waals surface area contributed by atoms with Crippen molar-refractivity contribution in [3.8, 4) is 6.07 Å². The molecule has 0 saturated heterocycles. The molecule has 1 fully saturated rings. The Balaban J connectivity index is 2.44. The van der Waals surface area contributed by atoms with Crippen molar-refractivity contribution in [2.45, 2.75) is 31.4 Å². The normalized spacial score (nSPS) is 28.6. The summed E-state index contributed by atoms with van der Waals surface area (Å²) in [6, 6.07) is 9.40. The molecule has 0 unspecified atom stereocenters. The van der Waals surface area contributed by atoms with Crippen molar-refractivity contribution in [3.63, 3.8) is 0 Å². The molecule has 1 aromatic carbocycles. The molecule has 1 aromatic rings. The van der Waals surface area contributed by atoms with E-state index in [1.807, 2.05) is 37.3 Å². The van der Waals surface area contributed by atoms with Crippen molar-refractivity contribution >= 4 is 16.1 Å². The van der Waals surface area contributed by atoms with Gasteiger partial charge in [0.25, 0.3) is 0 Å². The standard InChI is InChI=1S/C15H17NO3S/c1-3-11-5-7-12(8-6-11)13-14(20(18,19)4-2)15(13,9-16)10-17/h5-8,10,13-14H,3-4H2,1-2H3/t13-,14-,15-/m0/s1. The Morgan fingerprint density at radius 3 is 2.30 bits per heavy atom. The van der Waals surface area contributed by atoms with E-state index in [9.17, 15) is 18.5 Å². The summed E-state index contributed by atoms with van der Waals surface area (Å²) in [4.78, 5) is 11.3. The monoisotopic (exact) mass is 291 g/mol. The van der Waals surface area contributed by atoms with Crippen LogP contribution in [0.1, 0.15) is 30.9 Å². The number of sulfone groups is 1. The SMILES string of the molecule is CCc1ccc([C@H]2[C@H](S(=O)(=O)CC)[C@@]2(C#N)C=O)cc1. The average Bonchev–Trinajstić information content (AvgIpc) is 3.18. The summed E-state index contributed by atoms with van der Waals surface area (Å²) in [5, 5.41) is 8.37. The smallest absolute Gasteiger partial charge is 0.155 e. The molecule has 1 saturated carbocycles. The third-order valence-corrected chi connectivity index (χ3v) is 6.34. The van der Waals surface area contributed by atoms with E-state index < -0.39 is 26.4 Å². The lowest BCUT2D eigenvalue weighted by molar-refractivity contribution is -0.110. The van der Waals surface area contributed by atoms with E-state index in [-0.39, 0.29) is 5.75 Å². The first-order chi connectivity index (χ1) is 9.46. The summed E-state index contributed by atoms with van der Waals surface area (Å²) >= 11 is 0. The van der Waals surface area contributed by atoms with E-state index in [0.29, 0.717) is 6.29 Å². The number of hydrogen-bond donors (Lipinski definition) is 0. The molecule has 20 heavy (non-hydrogen) atoms. The van der Waals surface area contributed by atoms with Crippen LogP contribution in [0.3, 0.4) is 0 Å². The van der Waals surface area contributed by atoms with Gasteiger partial charge in [-0.3, -0.25) is 0 Å². The number of carbonyl (C=O) groups excluding carboxylic acids is 1. The molecular formula is C15H17NO3S. The largest absolute Gasteiger partial charge is 0.302 e. The number of benzene rings is 1. The summed E-state index contributed by atoms with van der Waals surface area (Å²) in [5.74, 6) is -0.598. The topological polar surface area (TPSA) is 75.0 Å². The van der Waals surface area contributed by atoms with Gasteiger partial charge in [-0.2, -0.15) is 5.26 Å². The second-order valence-electron chi connectivity index (χ2n) is 5.11. The number of aryl methyl sites for hydroxylation is 1. The van der Waals surface area contributed by atoms with Crippen molar-refractivity contribution in [2.75, 3.05) is 5.75 Å². The van der Waals surface area contributed by atoms with E-state index in [4.69, 9.17) is 0 Å². The summed E-state index contributed by atoms with van der Waals surface area (Å²) < 4.78 is 24.2. The molecule has 0 bridgehead atoms. The molecule has 5 heteroatoms. The van der Waals surface area contributed by atoms with Crippen LogP contribution < -0.4 is 0 Å². The fourth-order valence-corrected chi connectivity index (χ4v) is 4.70. The first kappa shape index (κ1) is 14.7. The van der Waals surface area contributed by atoms with Crippen LogP contribution >= 0.6 is 0 Å². The second-order valence-corrected chi connectivity index (χ2v) is 7.52. The fraction of sp³-hybridized carbons (Fsp3) is 0.467. The van der Waals surface area contributed by atoms with Crippen LogP contribution in [-0.2, 0) is 21.1 Å².